The zero-order valence-electron chi connectivity index (χ0n) is 12.6. The zero-order valence-corrected chi connectivity index (χ0v) is 12.6. The highest BCUT2D eigenvalue weighted by Crippen LogP contribution is 2.30. The van der Waals surface area contributed by atoms with Crippen molar-refractivity contribution in [2.45, 2.75) is 19.4 Å². The van der Waals surface area contributed by atoms with Crippen LogP contribution in [0.4, 0.5) is 0 Å². The topological polar surface area (TPSA) is 43.4 Å². The minimum atomic E-state index is -0.0259. The van der Waals surface area contributed by atoms with Crippen LogP contribution in [0.2, 0.25) is 0 Å². The summed E-state index contributed by atoms with van der Waals surface area (Å²) in [5, 5.41) is 3.17. The lowest BCUT2D eigenvalue weighted by Gasteiger charge is -2.20. The van der Waals surface area contributed by atoms with Crippen molar-refractivity contribution in [3.05, 3.63) is 54.2 Å². The number of nitrogens with zero attached hydrogens (tertiary/aromatic N) is 1. The second-order valence-corrected chi connectivity index (χ2v) is 4.65. The van der Waals surface area contributed by atoms with Gasteiger partial charge in [-0.15, -0.1) is 0 Å². The molecule has 1 N–H and O–H groups in total. The van der Waals surface area contributed by atoms with E-state index in [-0.39, 0.29) is 6.10 Å². The molecule has 21 heavy (non-hydrogen) atoms. The second kappa shape index (κ2) is 8.27. The van der Waals surface area contributed by atoms with Crippen LogP contribution in [-0.2, 0) is 0 Å². The molecule has 0 radical (unpaired) electrons. The Kier molecular flexibility index (Phi) is 6.03. The van der Waals surface area contributed by atoms with Crippen LogP contribution in [-0.4, -0.2) is 25.2 Å². The Hall–Kier alpha value is -2.07. The molecule has 0 fully saturated rings. The molecule has 4 heteroatoms. The number of hydrogen-bond acceptors (Lipinski definition) is 4. The molecule has 2 aromatic rings. The molecule has 1 aromatic carbocycles. The summed E-state index contributed by atoms with van der Waals surface area (Å²) in [7, 11) is 1.94. The van der Waals surface area contributed by atoms with Gasteiger partial charge in [-0.05, 0) is 38.2 Å². The van der Waals surface area contributed by atoms with Gasteiger partial charge in [0.25, 0.3) is 5.88 Å². The number of nitrogens with one attached hydrogen (secondary N) is 1. The van der Waals surface area contributed by atoms with Crippen LogP contribution in [0.3, 0.4) is 0 Å². The highest BCUT2D eigenvalue weighted by Gasteiger charge is 2.15. The van der Waals surface area contributed by atoms with Crippen LogP contribution < -0.4 is 14.8 Å². The van der Waals surface area contributed by atoms with Gasteiger partial charge in [0.05, 0.1) is 6.61 Å². The van der Waals surface area contributed by atoms with E-state index in [0.717, 1.165) is 18.5 Å². The molecule has 0 bridgehead atoms. The summed E-state index contributed by atoms with van der Waals surface area (Å²) >= 11 is 0. The van der Waals surface area contributed by atoms with Gasteiger partial charge in [-0.2, -0.15) is 0 Å². The third-order valence-corrected chi connectivity index (χ3v) is 3.11. The third-order valence-electron chi connectivity index (χ3n) is 3.11. The lowest BCUT2D eigenvalue weighted by Crippen LogP contribution is -2.16. The van der Waals surface area contributed by atoms with Crippen LogP contribution in [0.25, 0.3) is 0 Å². The summed E-state index contributed by atoms with van der Waals surface area (Å²) in [4.78, 5) is 4.23. The molecular weight excluding hydrogens is 264 g/mol. The van der Waals surface area contributed by atoms with E-state index >= 15 is 0 Å². The Morgan fingerprint density at radius 1 is 1.14 bits per heavy atom. The largest absolute Gasteiger partial charge is 0.480 e. The maximum Gasteiger partial charge on any atom is 0.257 e. The lowest BCUT2D eigenvalue weighted by atomic mass is 10.1. The highest BCUT2D eigenvalue weighted by atomic mass is 16.5. The van der Waals surface area contributed by atoms with E-state index in [9.17, 15) is 0 Å². The van der Waals surface area contributed by atoms with E-state index < -0.39 is 0 Å². The minimum absolute atomic E-state index is 0.0259. The molecule has 1 atom stereocenters. The van der Waals surface area contributed by atoms with E-state index in [2.05, 4.69) is 22.4 Å². The van der Waals surface area contributed by atoms with Gasteiger partial charge in [0.2, 0.25) is 0 Å². The number of pyridine rings is 1. The first kappa shape index (κ1) is 15.3. The molecular formula is C17H22N2O2. The minimum Gasteiger partial charge on any atom is -0.480 e. The highest BCUT2D eigenvalue weighted by molar-refractivity contribution is 5.33. The summed E-state index contributed by atoms with van der Waals surface area (Å²) in [6.45, 7) is 3.39. The molecule has 2 rings (SSSR count). The molecule has 4 nitrogen and oxygen atoms in total. The van der Waals surface area contributed by atoms with Gasteiger partial charge in [-0.3, -0.25) is 0 Å². The van der Waals surface area contributed by atoms with E-state index in [1.807, 2.05) is 44.3 Å². The first-order valence-electron chi connectivity index (χ1n) is 7.29. The fourth-order valence-electron chi connectivity index (χ4n) is 2.10. The van der Waals surface area contributed by atoms with Crippen molar-refractivity contribution < 1.29 is 9.47 Å². The van der Waals surface area contributed by atoms with Gasteiger partial charge in [0.15, 0.2) is 5.75 Å². The van der Waals surface area contributed by atoms with Crippen LogP contribution >= 0.6 is 0 Å². The Labute approximate surface area is 126 Å². The first-order chi connectivity index (χ1) is 10.3. The fraction of sp³-hybridized carbons (Fsp3) is 0.353. The number of hydrogen-bond donors (Lipinski definition) is 1. The van der Waals surface area contributed by atoms with Crippen molar-refractivity contribution in [2.24, 2.45) is 0 Å². The maximum atomic E-state index is 6.16. The standard InChI is InChI=1S/C17H22N2O2/c1-3-20-17-16(10-7-12-19-17)21-15(11-13-18-2)14-8-5-4-6-9-14/h4-10,12,15,18H,3,11,13H2,1-2H3/t15-/m1/s1. The number of ether oxygens (including phenoxy) is 2. The smallest absolute Gasteiger partial charge is 0.257 e. The first-order valence-corrected chi connectivity index (χ1v) is 7.29. The average molecular weight is 286 g/mol. The molecule has 0 saturated carbocycles. The molecule has 1 heterocycles. The van der Waals surface area contributed by atoms with Crippen LogP contribution in [0.15, 0.2) is 48.7 Å². The third kappa shape index (κ3) is 4.46. The maximum absolute atomic E-state index is 6.16. The van der Waals surface area contributed by atoms with Crippen molar-refractivity contribution in [3.63, 3.8) is 0 Å². The summed E-state index contributed by atoms with van der Waals surface area (Å²) in [6, 6.07) is 14.0. The van der Waals surface area contributed by atoms with Gasteiger partial charge in [0, 0.05) is 12.6 Å². The summed E-state index contributed by atoms with van der Waals surface area (Å²) < 4.78 is 11.7. The quantitative estimate of drug-likeness (QED) is 0.809. The fourth-order valence-corrected chi connectivity index (χ4v) is 2.10. The van der Waals surface area contributed by atoms with Crippen LogP contribution in [0.5, 0.6) is 11.6 Å². The second-order valence-electron chi connectivity index (χ2n) is 4.65. The Morgan fingerprint density at radius 3 is 2.67 bits per heavy atom. The average Bonchev–Trinajstić information content (AvgIpc) is 2.54. The van der Waals surface area contributed by atoms with Gasteiger partial charge in [-0.25, -0.2) is 4.98 Å². The molecule has 1 aromatic heterocycles. The van der Waals surface area contributed by atoms with Gasteiger partial charge >= 0.3 is 0 Å². The summed E-state index contributed by atoms with van der Waals surface area (Å²) in [5.74, 6) is 1.23. The van der Waals surface area contributed by atoms with Crippen molar-refractivity contribution in [3.8, 4) is 11.6 Å². The normalized spacial score (nSPS) is 11.9. The van der Waals surface area contributed by atoms with Gasteiger partial charge < -0.3 is 14.8 Å². The zero-order chi connectivity index (χ0) is 14.9. The molecule has 0 aliphatic heterocycles. The van der Waals surface area contributed by atoms with Crippen molar-refractivity contribution in [1.82, 2.24) is 10.3 Å². The van der Waals surface area contributed by atoms with Crippen LogP contribution in [0.1, 0.15) is 25.0 Å². The molecule has 0 unspecified atom stereocenters. The van der Waals surface area contributed by atoms with Crippen molar-refractivity contribution in [2.75, 3.05) is 20.2 Å². The molecule has 0 spiro atoms. The lowest BCUT2D eigenvalue weighted by molar-refractivity contribution is 0.181. The summed E-state index contributed by atoms with van der Waals surface area (Å²) in [5.41, 5.74) is 1.15. The summed E-state index contributed by atoms with van der Waals surface area (Å²) in [6.07, 6.45) is 2.56. The number of aromatic nitrogens is 1. The number of rotatable bonds is 8. The van der Waals surface area contributed by atoms with Crippen LogP contribution in [0, 0.1) is 0 Å². The molecule has 0 saturated heterocycles. The molecule has 0 aliphatic carbocycles. The predicted molar refractivity (Wildman–Crippen MR) is 83.8 cm³/mol. The van der Waals surface area contributed by atoms with Gasteiger partial charge in [0.1, 0.15) is 6.10 Å². The SMILES string of the molecule is CCOc1ncccc1O[C@H](CCNC)c1ccccc1. The molecule has 0 aliphatic rings. The van der Waals surface area contributed by atoms with E-state index in [0.29, 0.717) is 18.2 Å². The Balaban J connectivity index is 2.19. The van der Waals surface area contributed by atoms with E-state index in [1.54, 1.807) is 6.20 Å². The van der Waals surface area contributed by atoms with E-state index in [4.69, 9.17) is 9.47 Å². The predicted octanol–water partition coefficient (Wildman–Crippen LogP) is 3.21. The van der Waals surface area contributed by atoms with E-state index in [1.165, 1.54) is 0 Å². The van der Waals surface area contributed by atoms with Crippen molar-refractivity contribution >= 4 is 0 Å². The van der Waals surface area contributed by atoms with Crippen molar-refractivity contribution in [1.29, 1.82) is 0 Å². The van der Waals surface area contributed by atoms with Gasteiger partial charge in [-0.1, -0.05) is 30.3 Å². The monoisotopic (exact) mass is 286 g/mol. The number of benzene rings is 1. The molecule has 0 amide bonds. The Morgan fingerprint density at radius 2 is 1.95 bits per heavy atom. The Bertz CT molecular complexity index is 531. The molecule has 112 valence electrons.